The Hall–Kier alpha value is -2.22. The fourth-order valence-corrected chi connectivity index (χ4v) is 3.52. The quantitative estimate of drug-likeness (QED) is 0.878. The summed E-state index contributed by atoms with van der Waals surface area (Å²) in [5.74, 6) is -0.683. The van der Waals surface area contributed by atoms with Gasteiger partial charge in [-0.05, 0) is 25.0 Å². The van der Waals surface area contributed by atoms with Crippen molar-refractivity contribution in [2.75, 3.05) is 39.3 Å². The van der Waals surface area contributed by atoms with Gasteiger partial charge in [-0.2, -0.15) is 8.78 Å². The van der Waals surface area contributed by atoms with E-state index in [1.165, 1.54) is 12.1 Å². The molecule has 3 rings (SSSR count). The molecular formula is C18H23F2N3O3. The number of para-hydroxylation sites is 1. The van der Waals surface area contributed by atoms with Crippen LogP contribution in [0.2, 0.25) is 0 Å². The number of carbonyl (C=O) groups is 2. The molecule has 142 valence electrons. The minimum Gasteiger partial charge on any atom is -0.434 e. The van der Waals surface area contributed by atoms with E-state index < -0.39 is 6.61 Å². The molecule has 1 aromatic carbocycles. The van der Waals surface area contributed by atoms with E-state index in [0.717, 1.165) is 19.5 Å². The van der Waals surface area contributed by atoms with E-state index in [9.17, 15) is 18.4 Å². The highest BCUT2D eigenvalue weighted by atomic mass is 19.3. The summed E-state index contributed by atoms with van der Waals surface area (Å²) in [4.78, 5) is 28.9. The van der Waals surface area contributed by atoms with Crippen molar-refractivity contribution >= 4 is 11.8 Å². The molecule has 8 heteroatoms. The van der Waals surface area contributed by atoms with Crippen molar-refractivity contribution in [1.29, 1.82) is 0 Å². The topological polar surface area (TPSA) is 61.9 Å². The summed E-state index contributed by atoms with van der Waals surface area (Å²) < 4.78 is 29.6. The number of amides is 2. The van der Waals surface area contributed by atoms with Gasteiger partial charge in [0.15, 0.2) is 0 Å². The third-order valence-corrected chi connectivity index (χ3v) is 4.82. The molecule has 1 N–H and O–H groups in total. The number of likely N-dealkylation sites (tertiary alicyclic amines) is 1. The van der Waals surface area contributed by atoms with Crippen LogP contribution in [0.1, 0.15) is 23.2 Å². The van der Waals surface area contributed by atoms with Gasteiger partial charge in [0.25, 0.3) is 5.91 Å². The van der Waals surface area contributed by atoms with Gasteiger partial charge in [0.1, 0.15) is 5.75 Å². The summed E-state index contributed by atoms with van der Waals surface area (Å²) in [6.07, 6.45) is 1.45. The molecule has 0 bridgehead atoms. The van der Waals surface area contributed by atoms with Crippen LogP contribution >= 0.6 is 0 Å². The standard InChI is InChI=1S/C18H23F2N3O3/c19-18(20)26-15-6-2-1-5-14(15)17(25)23-9-3-4-13(12-23)16(24)22-10-7-21-8-11-22/h1-2,5-6,13,18,21H,3-4,7-12H2. The first-order valence-electron chi connectivity index (χ1n) is 8.89. The molecule has 2 heterocycles. The number of nitrogens with one attached hydrogen (secondary N) is 1. The average molecular weight is 367 g/mol. The van der Waals surface area contributed by atoms with E-state index in [0.29, 0.717) is 32.6 Å². The Labute approximate surface area is 151 Å². The maximum atomic E-state index is 12.8. The van der Waals surface area contributed by atoms with E-state index in [1.54, 1.807) is 17.0 Å². The zero-order valence-corrected chi connectivity index (χ0v) is 14.5. The number of alkyl halides is 2. The van der Waals surface area contributed by atoms with Crippen LogP contribution in [0, 0.1) is 5.92 Å². The van der Waals surface area contributed by atoms with Crippen molar-refractivity contribution in [3.05, 3.63) is 29.8 Å². The second-order valence-electron chi connectivity index (χ2n) is 6.54. The highest BCUT2D eigenvalue weighted by Gasteiger charge is 2.32. The molecule has 1 atom stereocenters. The summed E-state index contributed by atoms with van der Waals surface area (Å²) in [6, 6.07) is 5.98. The molecule has 1 aromatic rings. The lowest BCUT2D eigenvalue weighted by Crippen LogP contribution is -2.52. The fraction of sp³-hybridized carbons (Fsp3) is 0.556. The Kier molecular flexibility index (Phi) is 6.03. The molecule has 6 nitrogen and oxygen atoms in total. The van der Waals surface area contributed by atoms with Gasteiger partial charge in [-0.1, -0.05) is 12.1 Å². The summed E-state index contributed by atoms with van der Waals surface area (Å²) in [6.45, 7) is 0.728. The van der Waals surface area contributed by atoms with Gasteiger partial charge >= 0.3 is 6.61 Å². The van der Waals surface area contributed by atoms with Gasteiger partial charge < -0.3 is 19.9 Å². The molecule has 2 aliphatic rings. The predicted octanol–water partition coefficient (Wildman–Crippen LogP) is 1.57. The number of piperidine rings is 1. The van der Waals surface area contributed by atoms with Gasteiger partial charge in [-0.15, -0.1) is 0 Å². The number of piperazine rings is 1. The first kappa shape index (κ1) is 18.6. The Morgan fingerprint density at radius 2 is 1.85 bits per heavy atom. The van der Waals surface area contributed by atoms with E-state index in [-0.39, 0.29) is 29.0 Å². The molecule has 2 saturated heterocycles. The number of hydrogen-bond acceptors (Lipinski definition) is 4. The van der Waals surface area contributed by atoms with Gasteiger partial charge in [0.2, 0.25) is 5.91 Å². The van der Waals surface area contributed by atoms with Crippen LogP contribution in [-0.2, 0) is 4.79 Å². The average Bonchev–Trinajstić information content (AvgIpc) is 2.67. The third kappa shape index (κ3) is 4.30. The van der Waals surface area contributed by atoms with Crippen molar-refractivity contribution in [3.63, 3.8) is 0 Å². The highest BCUT2D eigenvalue weighted by Crippen LogP contribution is 2.25. The van der Waals surface area contributed by atoms with E-state index in [4.69, 9.17) is 0 Å². The summed E-state index contributed by atoms with van der Waals surface area (Å²) >= 11 is 0. The fourth-order valence-electron chi connectivity index (χ4n) is 3.52. The normalized spacial score (nSPS) is 21.0. The number of hydrogen-bond donors (Lipinski definition) is 1. The van der Waals surface area contributed by atoms with Gasteiger partial charge in [-0.25, -0.2) is 0 Å². The number of rotatable bonds is 4. The van der Waals surface area contributed by atoms with Crippen LogP contribution in [0.5, 0.6) is 5.75 Å². The third-order valence-electron chi connectivity index (χ3n) is 4.82. The molecule has 2 aliphatic heterocycles. The summed E-state index contributed by atoms with van der Waals surface area (Å²) in [5.41, 5.74) is 0.100. The van der Waals surface area contributed by atoms with Crippen molar-refractivity contribution in [2.24, 2.45) is 5.92 Å². The van der Waals surface area contributed by atoms with Gasteiger partial charge in [0, 0.05) is 39.3 Å². The molecule has 0 radical (unpaired) electrons. The van der Waals surface area contributed by atoms with Crippen LogP contribution in [0.4, 0.5) is 8.78 Å². The smallest absolute Gasteiger partial charge is 0.387 e. The number of carbonyl (C=O) groups excluding carboxylic acids is 2. The summed E-state index contributed by atoms with van der Waals surface area (Å²) in [7, 11) is 0. The number of nitrogens with zero attached hydrogens (tertiary/aromatic N) is 2. The number of halogens is 2. The molecule has 2 fully saturated rings. The largest absolute Gasteiger partial charge is 0.434 e. The lowest BCUT2D eigenvalue weighted by Gasteiger charge is -2.36. The Morgan fingerprint density at radius 3 is 2.58 bits per heavy atom. The van der Waals surface area contributed by atoms with E-state index >= 15 is 0 Å². The molecular weight excluding hydrogens is 344 g/mol. The SMILES string of the molecule is O=C(c1ccccc1OC(F)F)N1CCCC(C(=O)N2CCNCC2)C1. The lowest BCUT2D eigenvalue weighted by atomic mass is 9.95. The first-order valence-corrected chi connectivity index (χ1v) is 8.89. The second-order valence-corrected chi connectivity index (χ2v) is 6.54. The number of ether oxygens (including phenoxy) is 1. The Balaban J connectivity index is 1.69. The summed E-state index contributed by atoms with van der Waals surface area (Å²) in [5, 5.41) is 3.21. The first-order chi connectivity index (χ1) is 12.6. The van der Waals surface area contributed by atoms with Crippen LogP contribution in [0.3, 0.4) is 0 Å². The molecule has 1 unspecified atom stereocenters. The minimum absolute atomic E-state index is 0.0705. The molecule has 0 saturated carbocycles. The number of benzene rings is 1. The van der Waals surface area contributed by atoms with Gasteiger partial charge in [-0.3, -0.25) is 9.59 Å². The zero-order chi connectivity index (χ0) is 18.5. The van der Waals surface area contributed by atoms with Crippen molar-refractivity contribution in [3.8, 4) is 5.75 Å². The zero-order valence-electron chi connectivity index (χ0n) is 14.5. The van der Waals surface area contributed by atoms with Gasteiger partial charge in [0.05, 0.1) is 11.5 Å². The van der Waals surface area contributed by atoms with Crippen molar-refractivity contribution in [1.82, 2.24) is 15.1 Å². The minimum atomic E-state index is -2.99. The molecule has 0 aromatic heterocycles. The van der Waals surface area contributed by atoms with Crippen LogP contribution < -0.4 is 10.1 Å². The molecule has 0 spiro atoms. The monoisotopic (exact) mass is 367 g/mol. The van der Waals surface area contributed by atoms with Crippen molar-refractivity contribution in [2.45, 2.75) is 19.5 Å². The Bertz CT molecular complexity index is 650. The second kappa shape index (κ2) is 8.44. The van der Waals surface area contributed by atoms with Crippen LogP contribution in [0.15, 0.2) is 24.3 Å². The van der Waals surface area contributed by atoms with E-state index in [2.05, 4.69) is 10.1 Å². The maximum Gasteiger partial charge on any atom is 0.387 e. The predicted molar refractivity (Wildman–Crippen MR) is 91.2 cm³/mol. The van der Waals surface area contributed by atoms with Crippen LogP contribution in [-0.4, -0.2) is 67.5 Å². The lowest BCUT2D eigenvalue weighted by molar-refractivity contribution is -0.137. The molecule has 26 heavy (non-hydrogen) atoms. The maximum absolute atomic E-state index is 12.8. The van der Waals surface area contributed by atoms with Crippen LogP contribution in [0.25, 0.3) is 0 Å². The van der Waals surface area contributed by atoms with E-state index in [1.807, 2.05) is 4.90 Å². The molecule has 0 aliphatic carbocycles. The highest BCUT2D eigenvalue weighted by molar-refractivity contribution is 5.97. The Morgan fingerprint density at radius 1 is 1.12 bits per heavy atom. The van der Waals surface area contributed by atoms with Crippen molar-refractivity contribution < 1.29 is 23.1 Å². The molecule has 2 amide bonds.